The molecule has 3 atom stereocenters. The zero-order valence-electron chi connectivity index (χ0n) is 9.10. The van der Waals surface area contributed by atoms with Crippen LogP contribution in [-0.2, 0) is 0 Å². The van der Waals surface area contributed by atoms with Crippen LogP contribution in [0.25, 0.3) is 0 Å². The maximum atomic E-state index is 2.53. The van der Waals surface area contributed by atoms with Gasteiger partial charge in [0.2, 0.25) is 0 Å². The molecule has 0 bridgehead atoms. The van der Waals surface area contributed by atoms with Crippen molar-refractivity contribution in [1.29, 1.82) is 0 Å². The molecule has 13 heavy (non-hydrogen) atoms. The van der Waals surface area contributed by atoms with Gasteiger partial charge in [-0.2, -0.15) is 0 Å². The summed E-state index contributed by atoms with van der Waals surface area (Å²) in [6, 6.07) is 0. The lowest BCUT2D eigenvalue weighted by atomic mass is 9.77. The molecule has 0 aromatic rings. The van der Waals surface area contributed by atoms with Crippen molar-refractivity contribution in [3.05, 3.63) is 0 Å². The minimum Gasteiger partial charge on any atom is -0.0654 e. The van der Waals surface area contributed by atoms with Crippen molar-refractivity contribution < 1.29 is 0 Å². The highest BCUT2D eigenvalue weighted by molar-refractivity contribution is 5.32. The van der Waals surface area contributed by atoms with E-state index in [2.05, 4.69) is 13.8 Å². The van der Waals surface area contributed by atoms with Gasteiger partial charge in [0.1, 0.15) is 0 Å². The SMILES string of the molecule is CCCCC1CC12C(C)C21CCC1. The number of unbranched alkanes of at least 4 members (excludes halogenated alkanes) is 1. The zero-order chi connectivity index (χ0) is 9.10. The van der Waals surface area contributed by atoms with Gasteiger partial charge in [-0.25, -0.2) is 0 Å². The Morgan fingerprint density at radius 2 is 2.08 bits per heavy atom. The fourth-order valence-electron chi connectivity index (χ4n) is 4.69. The summed E-state index contributed by atoms with van der Waals surface area (Å²) in [5, 5.41) is 0. The Hall–Kier alpha value is 0. The van der Waals surface area contributed by atoms with E-state index >= 15 is 0 Å². The van der Waals surface area contributed by atoms with E-state index in [9.17, 15) is 0 Å². The first-order valence-electron chi connectivity index (χ1n) is 6.28. The molecule has 3 fully saturated rings. The first-order chi connectivity index (χ1) is 6.28. The molecular weight excluding hydrogens is 156 g/mol. The maximum absolute atomic E-state index is 2.53. The Balaban J connectivity index is 1.63. The van der Waals surface area contributed by atoms with Crippen LogP contribution in [0.3, 0.4) is 0 Å². The second kappa shape index (κ2) is 2.32. The van der Waals surface area contributed by atoms with Crippen molar-refractivity contribution in [3.8, 4) is 0 Å². The summed E-state index contributed by atoms with van der Waals surface area (Å²) in [5.74, 6) is 2.26. The van der Waals surface area contributed by atoms with Gasteiger partial charge in [-0.3, -0.25) is 0 Å². The van der Waals surface area contributed by atoms with Gasteiger partial charge in [-0.05, 0) is 48.3 Å². The molecule has 0 nitrogen and oxygen atoms in total. The number of hydrogen-bond acceptors (Lipinski definition) is 0. The standard InChI is InChI=1S/C13H22/c1-3-4-6-11-9-13(11)10(2)12(13)7-5-8-12/h10-11H,3-9H2,1-2H3. The Kier molecular flexibility index (Phi) is 1.49. The first kappa shape index (κ1) is 8.32. The summed E-state index contributed by atoms with van der Waals surface area (Å²) >= 11 is 0. The summed E-state index contributed by atoms with van der Waals surface area (Å²) in [4.78, 5) is 0. The molecular formula is C13H22. The van der Waals surface area contributed by atoms with Crippen molar-refractivity contribution >= 4 is 0 Å². The predicted molar refractivity (Wildman–Crippen MR) is 55.5 cm³/mol. The summed E-state index contributed by atoms with van der Waals surface area (Å²) in [5.41, 5.74) is 1.83. The van der Waals surface area contributed by atoms with Crippen molar-refractivity contribution in [3.63, 3.8) is 0 Å². The van der Waals surface area contributed by atoms with Crippen LogP contribution in [0.1, 0.15) is 58.8 Å². The van der Waals surface area contributed by atoms with Crippen LogP contribution >= 0.6 is 0 Å². The molecule has 3 saturated carbocycles. The van der Waals surface area contributed by atoms with Crippen molar-refractivity contribution in [1.82, 2.24) is 0 Å². The largest absolute Gasteiger partial charge is 0.0654 e. The van der Waals surface area contributed by atoms with E-state index < -0.39 is 0 Å². The lowest BCUT2D eigenvalue weighted by molar-refractivity contribution is 0.231. The van der Waals surface area contributed by atoms with Crippen LogP contribution in [0.2, 0.25) is 0 Å². The average molecular weight is 178 g/mol. The van der Waals surface area contributed by atoms with E-state index in [1.54, 1.807) is 25.7 Å². The third kappa shape index (κ3) is 0.750. The van der Waals surface area contributed by atoms with Crippen LogP contribution in [0, 0.1) is 22.7 Å². The molecule has 0 heteroatoms. The fourth-order valence-corrected chi connectivity index (χ4v) is 4.69. The van der Waals surface area contributed by atoms with Gasteiger partial charge in [0.15, 0.2) is 0 Å². The van der Waals surface area contributed by atoms with Gasteiger partial charge >= 0.3 is 0 Å². The van der Waals surface area contributed by atoms with E-state index in [4.69, 9.17) is 0 Å². The molecule has 2 spiro atoms. The summed E-state index contributed by atoms with van der Waals surface area (Å²) in [6.45, 7) is 4.86. The van der Waals surface area contributed by atoms with Crippen LogP contribution in [-0.4, -0.2) is 0 Å². The van der Waals surface area contributed by atoms with Crippen LogP contribution in [0.15, 0.2) is 0 Å². The number of hydrogen-bond donors (Lipinski definition) is 0. The molecule has 0 aromatic heterocycles. The molecule has 0 saturated heterocycles. The first-order valence-corrected chi connectivity index (χ1v) is 6.28. The molecule has 0 aromatic carbocycles. The molecule has 3 rings (SSSR count). The van der Waals surface area contributed by atoms with Gasteiger partial charge in [0.05, 0.1) is 0 Å². The van der Waals surface area contributed by atoms with E-state index in [1.807, 2.05) is 0 Å². The number of fused-ring (bicyclic) bond motifs is 1. The Morgan fingerprint density at radius 1 is 1.31 bits per heavy atom. The predicted octanol–water partition coefficient (Wildman–Crippen LogP) is 4.00. The van der Waals surface area contributed by atoms with Crippen LogP contribution in [0.5, 0.6) is 0 Å². The third-order valence-corrected chi connectivity index (χ3v) is 5.75. The van der Waals surface area contributed by atoms with E-state index in [1.165, 1.54) is 19.3 Å². The topological polar surface area (TPSA) is 0 Å². The van der Waals surface area contributed by atoms with E-state index in [-0.39, 0.29) is 0 Å². The molecule has 3 aliphatic rings. The monoisotopic (exact) mass is 178 g/mol. The van der Waals surface area contributed by atoms with Crippen LogP contribution in [0.4, 0.5) is 0 Å². The number of rotatable bonds is 3. The Morgan fingerprint density at radius 3 is 2.54 bits per heavy atom. The molecule has 3 unspecified atom stereocenters. The maximum Gasteiger partial charge on any atom is -0.0176 e. The van der Waals surface area contributed by atoms with Crippen molar-refractivity contribution in [2.24, 2.45) is 22.7 Å². The molecule has 0 radical (unpaired) electrons. The van der Waals surface area contributed by atoms with Crippen molar-refractivity contribution in [2.45, 2.75) is 58.8 Å². The smallest absolute Gasteiger partial charge is 0.0176 e. The van der Waals surface area contributed by atoms with Crippen molar-refractivity contribution in [2.75, 3.05) is 0 Å². The Labute approximate surface area is 82.1 Å². The lowest BCUT2D eigenvalue weighted by Gasteiger charge is -2.28. The lowest BCUT2D eigenvalue weighted by Crippen LogP contribution is -2.16. The minimum atomic E-state index is 0.908. The molecule has 3 aliphatic carbocycles. The molecule has 0 heterocycles. The van der Waals surface area contributed by atoms with Gasteiger partial charge < -0.3 is 0 Å². The molecule has 0 N–H and O–H groups in total. The molecule has 0 amide bonds. The quantitative estimate of drug-likeness (QED) is 0.612. The summed E-state index contributed by atoms with van der Waals surface area (Å²) in [7, 11) is 0. The fraction of sp³-hybridized carbons (Fsp3) is 1.00. The third-order valence-electron chi connectivity index (χ3n) is 5.75. The van der Waals surface area contributed by atoms with Gasteiger partial charge in [0.25, 0.3) is 0 Å². The molecule has 74 valence electrons. The van der Waals surface area contributed by atoms with Gasteiger partial charge in [-0.1, -0.05) is 33.1 Å². The molecule has 0 aliphatic heterocycles. The van der Waals surface area contributed by atoms with E-state index in [0.717, 1.165) is 22.7 Å². The second-order valence-electron chi connectivity index (χ2n) is 5.82. The van der Waals surface area contributed by atoms with Gasteiger partial charge in [0, 0.05) is 0 Å². The average Bonchev–Trinajstić information content (AvgIpc) is 2.86. The second-order valence-corrected chi connectivity index (χ2v) is 5.82. The highest BCUT2D eigenvalue weighted by Crippen LogP contribution is 2.91. The highest BCUT2D eigenvalue weighted by atomic mass is 14.9. The normalized spacial score (nSPS) is 49.4. The summed E-state index contributed by atoms with van der Waals surface area (Å²) < 4.78 is 0. The van der Waals surface area contributed by atoms with Crippen LogP contribution < -0.4 is 0 Å². The Bertz CT molecular complexity index is 226. The zero-order valence-corrected chi connectivity index (χ0v) is 9.10. The van der Waals surface area contributed by atoms with Gasteiger partial charge in [-0.15, -0.1) is 0 Å². The highest BCUT2D eigenvalue weighted by Gasteiger charge is 2.84. The minimum absolute atomic E-state index is 0.908. The summed E-state index contributed by atoms with van der Waals surface area (Å²) in [6.07, 6.45) is 10.7. The van der Waals surface area contributed by atoms with E-state index in [0.29, 0.717) is 0 Å².